The smallest absolute Gasteiger partial charge is 0.262 e. The number of hydrogen-bond acceptors (Lipinski definition) is 8. The van der Waals surface area contributed by atoms with Gasteiger partial charge in [-0.1, -0.05) is 30.0 Å². The fourth-order valence-corrected chi connectivity index (χ4v) is 4.15. The summed E-state index contributed by atoms with van der Waals surface area (Å²) in [4.78, 5) is 33.0. The fourth-order valence-electron chi connectivity index (χ4n) is 2.99. The Morgan fingerprint density at radius 3 is 2.42 bits per heavy atom. The molecule has 0 spiro atoms. The number of nitrogens with one attached hydrogen (secondary N) is 2. The molecular formula is C25H26BrN5O4S. The van der Waals surface area contributed by atoms with E-state index in [1.165, 1.54) is 18.0 Å². The molecule has 0 bridgehead atoms. The number of halogens is 1. The highest BCUT2D eigenvalue weighted by Gasteiger charge is 2.13. The Morgan fingerprint density at radius 2 is 1.72 bits per heavy atom. The van der Waals surface area contributed by atoms with E-state index in [4.69, 9.17) is 9.47 Å². The Balaban J connectivity index is 1.57. The van der Waals surface area contributed by atoms with Gasteiger partial charge in [-0.3, -0.25) is 9.59 Å². The van der Waals surface area contributed by atoms with Gasteiger partial charge in [-0.2, -0.15) is 5.10 Å². The lowest BCUT2D eigenvalue weighted by molar-refractivity contribution is -0.119. The van der Waals surface area contributed by atoms with Crippen LogP contribution >= 0.6 is 27.7 Å². The minimum atomic E-state index is -0.294. The van der Waals surface area contributed by atoms with Crippen molar-refractivity contribution < 1.29 is 19.1 Å². The lowest BCUT2D eigenvalue weighted by Crippen LogP contribution is -2.20. The number of aryl methyl sites for hydroxylation is 2. The fraction of sp³-hybridized carbons (Fsp3) is 0.240. The second kappa shape index (κ2) is 13.6. The van der Waals surface area contributed by atoms with Crippen LogP contribution in [0.1, 0.15) is 23.9 Å². The molecule has 188 valence electrons. The third-order valence-electron chi connectivity index (χ3n) is 4.47. The minimum Gasteiger partial charge on any atom is -0.490 e. The number of thioether (sulfide) groups is 1. The van der Waals surface area contributed by atoms with E-state index in [9.17, 15) is 9.59 Å². The number of aromatic nitrogens is 2. The molecule has 0 aliphatic carbocycles. The number of carbonyl (C=O) groups is 2. The summed E-state index contributed by atoms with van der Waals surface area (Å²) < 4.78 is 12.0. The molecule has 0 radical (unpaired) electrons. The number of nitrogens with zero attached hydrogens (tertiary/aromatic N) is 3. The van der Waals surface area contributed by atoms with Crippen LogP contribution in [0.25, 0.3) is 0 Å². The summed E-state index contributed by atoms with van der Waals surface area (Å²) in [6, 6.07) is 14.4. The molecule has 1 heterocycles. The molecule has 2 amide bonds. The summed E-state index contributed by atoms with van der Waals surface area (Å²) in [6.07, 6.45) is 1.49. The normalized spacial score (nSPS) is 10.8. The molecule has 3 rings (SSSR count). The zero-order valence-electron chi connectivity index (χ0n) is 20.1. The summed E-state index contributed by atoms with van der Waals surface area (Å²) in [5.74, 6) is 0.395. The van der Waals surface area contributed by atoms with Gasteiger partial charge in [0.05, 0.1) is 18.6 Å². The van der Waals surface area contributed by atoms with E-state index < -0.39 is 0 Å². The number of ether oxygens (including phenoxy) is 2. The first-order valence-corrected chi connectivity index (χ1v) is 12.8. The standard InChI is InChI=1S/C25H26BrN5O4S/c1-4-34-21-11-18(13-27-31-24(33)15-36-25-28-16(2)10-17(3)29-25)20(26)12-22(21)35-14-23(32)30-19-8-6-5-7-9-19/h5-13H,4,14-15H2,1-3H3,(H,30,32)(H,31,33)/b27-13-. The number of hydrazone groups is 1. The topological polar surface area (TPSA) is 115 Å². The summed E-state index contributed by atoms with van der Waals surface area (Å²) in [5.41, 5.74) is 5.54. The maximum atomic E-state index is 12.2. The first-order valence-electron chi connectivity index (χ1n) is 11.0. The first kappa shape index (κ1) is 27.2. The van der Waals surface area contributed by atoms with Gasteiger partial charge in [0.2, 0.25) is 0 Å². The second-order valence-electron chi connectivity index (χ2n) is 7.47. The van der Waals surface area contributed by atoms with Crippen LogP contribution in [0.3, 0.4) is 0 Å². The van der Waals surface area contributed by atoms with Gasteiger partial charge in [-0.15, -0.1) is 0 Å². The van der Waals surface area contributed by atoms with E-state index in [1.54, 1.807) is 24.3 Å². The van der Waals surface area contributed by atoms with E-state index in [0.717, 1.165) is 11.4 Å². The molecule has 0 aliphatic heterocycles. The van der Waals surface area contributed by atoms with Gasteiger partial charge in [0, 0.05) is 27.1 Å². The van der Waals surface area contributed by atoms with Gasteiger partial charge in [0.25, 0.3) is 11.8 Å². The first-order chi connectivity index (χ1) is 17.3. The third-order valence-corrected chi connectivity index (χ3v) is 6.00. The highest BCUT2D eigenvalue weighted by atomic mass is 79.9. The molecule has 0 saturated heterocycles. The highest BCUT2D eigenvalue weighted by Crippen LogP contribution is 2.33. The van der Waals surface area contributed by atoms with Crippen LogP contribution in [0, 0.1) is 13.8 Å². The van der Waals surface area contributed by atoms with Crippen LogP contribution in [0.2, 0.25) is 0 Å². The van der Waals surface area contributed by atoms with E-state index in [2.05, 4.69) is 41.7 Å². The zero-order chi connectivity index (χ0) is 25.9. The summed E-state index contributed by atoms with van der Waals surface area (Å²) in [5, 5.41) is 7.34. The van der Waals surface area contributed by atoms with Crippen molar-refractivity contribution in [2.24, 2.45) is 5.10 Å². The molecule has 2 aromatic carbocycles. The van der Waals surface area contributed by atoms with Crippen molar-refractivity contribution in [1.29, 1.82) is 0 Å². The number of carbonyl (C=O) groups excluding carboxylic acids is 2. The van der Waals surface area contributed by atoms with Crippen molar-refractivity contribution >= 4 is 51.4 Å². The lowest BCUT2D eigenvalue weighted by Gasteiger charge is -2.14. The Bertz CT molecular complexity index is 1220. The van der Waals surface area contributed by atoms with Crippen LogP contribution in [0.15, 0.2) is 63.3 Å². The van der Waals surface area contributed by atoms with Crippen LogP contribution in [-0.2, 0) is 9.59 Å². The van der Waals surface area contributed by atoms with Crippen LogP contribution < -0.4 is 20.2 Å². The quantitative estimate of drug-likeness (QED) is 0.150. The van der Waals surface area contributed by atoms with Gasteiger partial charge in [-0.25, -0.2) is 15.4 Å². The van der Waals surface area contributed by atoms with Crippen molar-refractivity contribution in [1.82, 2.24) is 15.4 Å². The molecule has 9 nitrogen and oxygen atoms in total. The summed E-state index contributed by atoms with van der Waals surface area (Å²) in [7, 11) is 0. The molecule has 0 fully saturated rings. The molecule has 3 aromatic rings. The van der Waals surface area contributed by atoms with E-state index in [-0.39, 0.29) is 24.2 Å². The molecule has 36 heavy (non-hydrogen) atoms. The average Bonchev–Trinajstić information content (AvgIpc) is 2.83. The van der Waals surface area contributed by atoms with Crippen molar-refractivity contribution in [3.05, 3.63) is 70.0 Å². The molecule has 0 saturated carbocycles. The van der Waals surface area contributed by atoms with Crippen LogP contribution in [0.5, 0.6) is 11.5 Å². The molecular weight excluding hydrogens is 546 g/mol. The summed E-state index contributed by atoms with van der Waals surface area (Å²) in [6.45, 7) is 5.82. The molecule has 0 unspecified atom stereocenters. The Labute approximate surface area is 222 Å². The molecule has 0 atom stereocenters. The second-order valence-corrected chi connectivity index (χ2v) is 9.27. The molecule has 0 aliphatic rings. The number of rotatable bonds is 11. The minimum absolute atomic E-state index is 0.128. The molecule has 2 N–H and O–H groups in total. The monoisotopic (exact) mass is 571 g/mol. The van der Waals surface area contributed by atoms with Crippen LogP contribution in [-0.4, -0.2) is 47.0 Å². The number of amides is 2. The van der Waals surface area contributed by atoms with Crippen LogP contribution in [0.4, 0.5) is 5.69 Å². The van der Waals surface area contributed by atoms with Gasteiger partial charge in [0.1, 0.15) is 0 Å². The van der Waals surface area contributed by atoms with Crippen molar-refractivity contribution in [3.63, 3.8) is 0 Å². The largest absolute Gasteiger partial charge is 0.490 e. The number of para-hydroxylation sites is 1. The van der Waals surface area contributed by atoms with Gasteiger partial charge < -0.3 is 14.8 Å². The predicted molar refractivity (Wildman–Crippen MR) is 144 cm³/mol. The number of anilines is 1. The van der Waals surface area contributed by atoms with E-state index >= 15 is 0 Å². The highest BCUT2D eigenvalue weighted by molar-refractivity contribution is 9.10. The van der Waals surface area contributed by atoms with E-state index in [0.29, 0.717) is 39.0 Å². The SMILES string of the molecule is CCOc1cc(/C=N\NC(=O)CSc2nc(C)cc(C)n2)c(Br)cc1OCC(=O)Nc1ccccc1. The third kappa shape index (κ3) is 8.65. The Kier molecular flexibility index (Phi) is 10.3. The lowest BCUT2D eigenvalue weighted by atomic mass is 10.2. The molecule has 11 heteroatoms. The number of hydrogen-bond donors (Lipinski definition) is 2. The maximum Gasteiger partial charge on any atom is 0.262 e. The summed E-state index contributed by atoms with van der Waals surface area (Å²) >= 11 is 4.71. The van der Waals surface area contributed by atoms with Crippen molar-refractivity contribution in [3.8, 4) is 11.5 Å². The Morgan fingerprint density at radius 1 is 1.03 bits per heavy atom. The Hall–Kier alpha value is -3.44. The van der Waals surface area contributed by atoms with E-state index in [1.807, 2.05) is 45.0 Å². The van der Waals surface area contributed by atoms with Gasteiger partial charge >= 0.3 is 0 Å². The van der Waals surface area contributed by atoms with Crippen molar-refractivity contribution in [2.45, 2.75) is 25.9 Å². The van der Waals surface area contributed by atoms with Gasteiger partial charge in [-0.05, 0) is 67.0 Å². The zero-order valence-corrected chi connectivity index (χ0v) is 22.5. The predicted octanol–water partition coefficient (Wildman–Crippen LogP) is 4.51. The average molecular weight is 572 g/mol. The molecule has 1 aromatic heterocycles. The van der Waals surface area contributed by atoms with Gasteiger partial charge in [0.15, 0.2) is 23.3 Å². The number of benzene rings is 2. The maximum absolute atomic E-state index is 12.2. The van der Waals surface area contributed by atoms with Crippen molar-refractivity contribution in [2.75, 3.05) is 24.3 Å².